The first kappa shape index (κ1) is 13.8. The minimum atomic E-state index is -0.143. The predicted octanol–water partition coefficient (Wildman–Crippen LogP) is 1.84. The molecule has 114 valence electrons. The van der Waals surface area contributed by atoms with Crippen LogP contribution in [0.15, 0.2) is 30.3 Å². The molecule has 0 aliphatic carbocycles. The molecule has 0 unspecified atom stereocenters. The van der Waals surface area contributed by atoms with Crippen LogP contribution in [0.4, 0.5) is 5.82 Å². The van der Waals surface area contributed by atoms with Gasteiger partial charge >= 0.3 is 0 Å². The summed E-state index contributed by atoms with van der Waals surface area (Å²) in [5.74, 6) is 0.830. The van der Waals surface area contributed by atoms with E-state index in [1.165, 1.54) is 0 Å². The number of anilines is 1. The highest BCUT2D eigenvalue weighted by atomic mass is 35.5. The Kier molecular flexibility index (Phi) is 3.39. The first-order valence-corrected chi connectivity index (χ1v) is 7.76. The first-order chi connectivity index (χ1) is 10.7. The Bertz CT molecular complexity index is 736. The topological polar surface area (TPSA) is 54.5 Å². The third-order valence-corrected chi connectivity index (χ3v) is 4.43. The summed E-state index contributed by atoms with van der Waals surface area (Å²) in [6.07, 6.45) is 0. The van der Waals surface area contributed by atoms with Gasteiger partial charge in [0.2, 0.25) is 5.91 Å². The van der Waals surface area contributed by atoms with Crippen LogP contribution in [0, 0.1) is 5.92 Å². The van der Waals surface area contributed by atoms with Crippen molar-refractivity contribution in [2.24, 2.45) is 5.92 Å². The van der Waals surface area contributed by atoms with Crippen LogP contribution in [0.25, 0.3) is 10.9 Å². The number of halogens is 1. The average molecular weight is 318 g/mol. The van der Waals surface area contributed by atoms with E-state index in [-0.39, 0.29) is 17.9 Å². The maximum Gasteiger partial charge on any atom is 0.227 e. The molecule has 2 aromatic rings. The maximum absolute atomic E-state index is 12.1. The summed E-state index contributed by atoms with van der Waals surface area (Å²) < 4.78 is 5.55. The molecular weight excluding hydrogens is 302 g/mol. The number of aromatic nitrogens is 1. The third kappa shape index (κ3) is 2.51. The Morgan fingerprint density at radius 1 is 1.23 bits per heavy atom. The van der Waals surface area contributed by atoms with Crippen molar-refractivity contribution in [3.05, 3.63) is 35.4 Å². The zero-order chi connectivity index (χ0) is 15.1. The van der Waals surface area contributed by atoms with E-state index >= 15 is 0 Å². The minimum Gasteiger partial charge on any atom is -0.378 e. The van der Waals surface area contributed by atoms with Crippen LogP contribution in [0.1, 0.15) is 0 Å². The van der Waals surface area contributed by atoms with Gasteiger partial charge in [-0.1, -0.05) is 11.6 Å². The normalized spacial score (nSPS) is 25.0. The summed E-state index contributed by atoms with van der Waals surface area (Å²) in [5, 5.41) is 4.76. The highest BCUT2D eigenvalue weighted by Gasteiger charge is 2.33. The molecule has 5 nitrogen and oxygen atoms in total. The van der Waals surface area contributed by atoms with E-state index < -0.39 is 0 Å². The monoisotopic (exact) mass is 317 g/mol. The number of nitrogens with zero attached hydrogens (tertiary/aromatic N) is 2. The average Bonchev–Trinajstić information content (AvgIpc) is 2.75. The number of carbonyl (C=O) groups excluding carboxylic acids is 1. The number of nitrogens with one attached hydrogen (secondary N) is 1. The molecule has 0 saturated carbocycles. The number of amides is 1. The van der Waals surface area contributed by atoms with Crippen LogP contribution in [-0.2, 0) is 9.53 Å². The van der Waals surface area contributed by atoms with E-state index in [0.717, 1.165) is 16.7 Å². The second-order valence-electron chi connectivity index (χ2n) is 5.85. The van der Waals surface area contributed by atoms with E-state index in [1.54, 1.807) is 0 Å². The molecule has 2 saturated heterocycles. The summed E-state index contributed by atoms with van der Waals surface area (Å²) >= 11 is 6.01. The largest absolute Gasteiger partial charge is 0.378 e. The standard InChI is InChI=1S/C16H16ClN3O2/c17-12-2-3-14-10(5-12)1-4-15(19-14)20-6-11-8-22-9-13(7-20)18-16(11)21/h1-5,11,13H,6-9H2,(H,18,21)/t11-,13+/m1/s1. The number of rotatable bonds is 1. The quantitative estimate of drug-likeness (QED) is 0.872. The molecule has 2 bridgehead atoms. The van der Waals surface area contributed by atoms with Gasteiger partial charge in [0.15, 0.2) is 0 Å². The minimum absolute atomic E-state index is 0.0164. The molecule has 2 aliphatic heterocycles. The van der Waals surface area contributed by atoms with Crippen molar-refractivity contribution in [2.45, 2.75) is 6.04 Å². The van der Waals surface area contributed by atoms with Gasteiger partial charge < -0.3 is 15.0 Å². The SMILES string of the molecule is O=C1N[C@@H]2COC[C@H]1CN(c1ccc3cc(Cl)ccc3n1)C2. The van der Waals surface area contributed by atoms with E-state index in [4.69, 9.17) is 21.3 Å². The van der Waals surface area contributed by atoms with Crippen molar-refractivity contribution in [3.63, 3.8) is 0 Å². The van der Waals surface area contributed by atoms with Gasteiger partial charge in [0, 0.05) is 23.5 Å². The van der Waals surface area contributed by atoms with Crippen molar-refractivity contribution in [2.75, 3.05) is 31.2 Å². The molecule has 2 aliphatic rings. The first-order valence-electron chi connectivity index (χ1n) is 7.38. The summed E-state index contributed by atoms with van der Waals surface area (Å²) in [7, 11) is 0. The van der Waals surface area contributed by atoms with Gasteiger partial charge in [0.1, 0.15) is 5.82 Å². The second kappa shape index (κ2) is 5.41. The lowest BCUT2D eigenvalue weighted by atomic mass is 10.1. The molecule has 0 radical (unpaired) electrons. The van der Waals surface area contributed by atoms with E-state index in [9.17, 15) is 4.79 Å². The van der Waals surface area contributed by atoms with Crippen molar-refractivity contribution in [1.82, 2.24) is 10.3 Å². The van der Waals surface area contributed by atoms with Gasteiger partial charge in [-0.15, -0.1) is 0 Å². The lowest BCUT2D eigenvalue weighted by Gasteiger charge is -2.28. The molecule has 4 rings (SSSR count). The molecule has 6 heteroatoms. The molecular formula is C16H16ClN3O2. The van der Waals surface area contributed by atoms with Crippen LogP contribution in [0.5, 0.6) is 0 Å². The number of carbonyl (C=O) groups is 1. The maximum atomic E-state index is 12.1. The Morgan fingerprint density at radius 2 is 2.14 bits per heavy atom. The molecule has 22 heavy (non-hydrogen) atoms. The second-order valence-corrected chi connectivity index (χ2v) is 6.29. The Hall–Kier alpha value is -1.85. The Morgan fingerprint density at radius 3 is 3.05 bits per heavy atom. The third-order valence-electron chi connectivity index (χ3n) is 4.20. The number of pyridine rings is 1. The van der Waals surface area contributed by atoms with Crippen molar-refractivity contribution in [1.29, 1.82) is 0 Å². The molecule has 1 amide bonds. The number of hydrogen-bond acceptors (Lipinski definition) is 4. The fourth-order valence-electron chi connectivity index (χ4n) is 3.08. The number of hydrogen-bond donors (Lipinski definition) is 1. The van der Waals surface area contributed by atoms with Gasteiger partial charge in [-0.05, 0) is 30.3 Å². The molecule has 1 N–H and O–H groups in total. The Labute approximate surface area is 133 Å². The lowest BCUT2D eigenvalue weighted by Crippen LogP contribution is -2.42. The van der Waals surface area contributed by atoms with Crippen LogP contribution in [-0.4, -0.2) is 43.2 Å². The van der Waals surface area contributed by atoms with Crippen LogP contribution in [0.2, 0.25) is 5.02 Å². The lowest BCUT2D eigenvalue weighted by molar-refractivity contribution is -0.124. The van der Waals surface area contributed by atoms with Gasteiger partial charge in [0.25, 0.3) is 0 Å². The van der Waals surface area contributed by atoms with Gasteiger partial charge in [-0.25, -0.2) is 4.98 Å². The van der Waals surface area contributed by atoms with Crippen LogP contribution in [0.3, 0.4) is 0 Å². The predicted molar refractivity (Wildman–Crippen MR) is 85.2 cm³/mol. The molecule has 3 heterocycles. The van der Waals surface area contributed by atoms with Gasteiger partial charge in [-0.2, -0.15) is 0 Å². The van der Waals surface area contributed by atoms with E-state index in [0.29, 0.717) is 31.3 Å². The highest BCUT2D eigenvalue weighted by molar-refractivity contribution is 6.31. The molecule has 0 spiro atoms. The molecule has 1 aromatic heterocycles. The number of benzene rings is 1. The van der Waals surface area contributed by atoms with Crippen molar-refractivity contribution >= 4 is 34.2 Å². The summed E-state index contributed by atoms with van der Waals surface area (Å²) in [6.45, 7) is 2.38. The fourth-order valence-corrected chi connectivity index (χ4v) is 3.26. The summed E-state index contributed by atoms with van der Waals surface area (Å²) in [6, 6.07) is 9.70. The zero-order valence-corrected chi connectivity index (χ0v) is 12.7. The van der Waals surface area contributed by atoms with Crippen molar-refractivity contribution in [3.8, 4) is 0 Å². The van der Waals surface area contributed by atoms with Crippen LogP contribution < -0.4 is 10.2 Å². The molecule has 1 aromatic carbocycles. The Balaban J connectivity index is 1.69. The van der Waals surface area contributed by atoms with E-state index in [2.05, 4.69) is 10.2 Å². The fraction of sp³-hybridized carbons (Fsp3) is 0.375. The van der Waals surface area contributed by atoms with Crippen LogP contribution >= 0.6 is 11.6 Å². The zero-order valence-electron chi connectivity index (χ0n) is 12.0. The molecule has 2 atom stereocenters. The number of fused-ring (bicyclic) bond motifs is 4. The van der Waals surface area contributed by atoms with E-state index in [1.807, 2.05) is 30.3 Å². The van der Waals surface area contributed by atoms with Gasteiger partial charge in [-0.3, -0.25) is 4.79 Å². The molecule has 2 fully saturated rings. The van der Waals surface area contributed by atoms with Gasteiger partial charge in [0.05, 0.1) is 30.7 Å². The summed E-state index contributed by atoms with van der Waals surface area (Å²) in [5.41, 5.74) is 0.909. The smallest absolute Gasteiger partial charge is 0.227 e. The summed E-state index contributed by atoms with van der Waals surface area (Å²) in [4.78, 5) is 19.0. The number of ether oxygens (including phenoxy) is 1. The van der Waals surface area contributed by atoms with Crippen molar-refractivity contribution < 1.29 is 9.53 Å². The highest BCUT2D eigenvalue weighted by Crippen LogP contribution is 2.24.